The average molecular weight is 399 g/mol. The number of ether oxygens (including phenoxy) is 1. The van der Waals surface area contributed by atoms with E-state index in [1.54, 1.807) is 32.9 Å². The molecular formula is C17H25N3O6S. The van der Waals surface area contributed by atoms with Crippen molar-refractivity contribution >= 4 is 27.9 Å². The van der Waals surface area contributed by atoms with Crippen LogP contribution in [0.2, 0.25) is 0 Å². The number of sulfonamides is 1. The number of imide groups is 1. The van der Waals surface area contributed by atoms with Gasteiger partial charge < -0.3 is 10.1 Å². The van der Waals surface area contributed by atoms with E-state index >= 15 is 0 Å². The lowest BCUT2D eigenvalue weighted by atomic mass is 10.2. The topological polar surface area (TPSA) is 131 Å². The minimum atomic E-state index is -3.75. The number of nitrogens with one attached hydrogen (secondary N) is 3. The second kappa shape index (κ2) is 10.0. The summed E-state index contributed by atoms with van der Waals surface area (Å²) in [4.78, 5) is 34.5. The van der Waals surface area contributed by atoms with Crippen molar-refractivity contribution in [3.8, 4) is 0 Å². The van der Waals surface area contributed by atoms with Crippen LogP contribution in [-0.4, -0.2) is 45.5 Å². The number of hydrogen-bond donors (Lipinski definition) is 3. The average Bonchev–Trinajstić information content (AvgIpc) is 2.51. The smallest absolute Gasteiger partial charge is 0.321 e. The van der Waals surface area contributed by atoms with Crippen molar-refractivity contribution in [3.05, 3.63) is 29.3 Å². The molecule has 0 spiro atoms. The molecule has 0 bridgehead atoms. The van der Waals surface area contributed by atoms with Crippen molar-refractivity contribution < 1.29 is 27.5 Å². The maximum atomic E-state index is 12.2. The molecule has 0 saturated carbocycles. The maximum Gasteiger partial charge on any atom is 0.321 e. The van der Waals surface area contributed by atoms with Gasteiger partial charge in [-0.25, -0.2) is 17.9 Å². The van der Waals surface area contributed by atoms with E-state index in [1.807, 2.05) is 12.2 Å². The van der Waals surface area contributed by atoms with Crippen molar-refractivity contribution in [2.45, 2.75) is 45.1 Å². The third-order valence-electron chi connectivity index (χ3n) is 3.28. The van der Waals surface area contributed by atoms with Crippen LogP contribution in [0.1, 0.15) is 31.4 Å². The molecule has 0 radical (unpaired) electrons. The third-order valence-corrected chi connectivity index (χ3v) is 4.90. The zero-order valence-electron chi connectivity index (χ0n) is 15.8. The molecular weight excluding hydrogens is 374 g/mol. The molecule has 27 heavy (non-hydrogen) atoms. The van der Waals surface area contributed by atoms with E-state index in [9.17, 15) is 22.8 Å². The third kappa shape index (κ3) is 8.18. The minimum absolute atomic E-state index is 0.136. The minimum Gasteiger partial charge on any atom is -0.456 e. The standard InChI is InChI=1S/C17H25N3O6S/c1-11(2)19-17(23)20-15(21)10-26-16(22)7-8-18-27(24,25)14-6-5-12(3)9-13(14)4/h5-6,9,11,18H,7-8,10H2,1-4H3,(H2,19,20,21,23). The Morgan fingerprint density at radius 3 is 2.41 bits per heavy atom. The number of carbonyl (C=O) groups is 3. The van der Waals surface area contributed by atoms with E-state index in [4.69, 9.17) is 4.74 Å². The lowest BCUT2D eigenvalue weighted by molar-refractivity contribution is -0.148. The first-order valence-electron chi connectivity index (χ1n) is 8.34. The summed E-state index contributed by atoms with van der Waals surface area (Å²) in [6.07, 6.45) is -0.254. The number of aryl methyl sites for hydroxylation is 2. The Labute approximate surface area is 158 Å². The zero-order valence-corrected chi connectivity index (χ0v) is 16.6. The molecule has 3 N–H and O–H groups in total. The van der Waals surface area contributed by atoms with Crippen molar-refractivity contribution in [2.75, 3.05) is 13.2 Å². The highest BCUT2D eigenvalue weighted by Crippen LogP contribution is 2.16. The molecule has 3 amide bonds. The fourth-order valence-corrected chi connectivity index (χ4v) is 3.40. The molecule has 1 aromatic rings. The van der Waals surface area contributed by atoms with Gasteiger partial charge in [-0.1, -0.05) is 17.7 Å². The Balaban J connectivity index is 2.40. The van der Waals surface area contributed by atoms with Gasteiger partial charge in [-0.05, 0) is 39.3 Å². The van der Waals surface area contributed by atoms with Gasteiger partial charge >= 0.3 is 12.0 Å². The van der Waals surface area contributed by atoms with Crippen LogP contribution in [0.25, 0.3) is 0 Å². The van der Waals surface area contributed by atoms with E-state index in [0.29, 0.717) is 5.56 Å². The molecule has 9 nitrogen and oxygen atoms in total. The van der Waals surface area contributed by atoms with Gasteiger partial charge in [0.2, 0.25) is 10.0 Å². The number of hydrogen-bond acceptors (Lipinski definition) is 6. The SMILES string of the molecule is Cc1ccc(S(=O)(=O)NCCC(=O)OCC(=O)NC(=O)NC(C)C)c(C)c1. The molecule has 0 saturated heterocycles. The van der Waals surface area contributed by atoms with Crippen molar-refractivity contribution in [2.24, 2.45) is 0 Å². The van der Waals surface area contributed by atoms with Gasteiger partial charge in [0.25, 0.3) is 5.91 Å². The summed E-state index contributed by atoms with van der Waals surface area (Å²) in [5, 5.41) is 4.45. The van der Waals surface area contributed by atoms with Crippen LogP contribution in [0.5, 0.6) is 0 Å². The second-order valence-electron chi connectivity index (χ2n) is 6.25. The molecule has 0 aliphatic heterocycles. The van der Waals surface area contributed by atoms with Gasteiger partial charge in [0.1, 0.15) is 0 Å². The van der Waals surface area contributed by atoms with Gasteiger partial charge in [0.15, 0.2) is 6.61 Å². The molecule has 0 heterocycles. The van der Waals surface area contributed by atoms with Crippen LogP contribution >= 0.6 is 0 Å². The number of esters is 1. The normalized spacial score (nSPS) is 11.1. The van der Waals surface area contributed by atoms with Crippen molar-refractivity contribution in [1.29, 1.82) is 0 Å². The van der Waals surface area contributed by atoms with E-state index in [1.165, 1.54) is 6.07 Å². The predicted octanol–water partition coefficient (Wildman–Crippen LogP) is 0.749. The Kier molecular flexibility index (Phi) is 8.38. The number of urea groups is 1. The van der Waals surface area contributed by atoms with E-state index in [-0.39, 0.29) is 23.9 Å². The van der Waals surface area contributed by atoms with Crippen LogP contribution in [0.3, 0.4) is 0 Å². The van der Waals surface area contributed by atoms with Crippen LogP contribution < -0.4 is 15.4 Å². The van der Waals surface area contributed by atoms with Crippen LogP contribution in [-0.2, 0) is 24.3 Å². The predicted molar refractivity (Wildman–Crippen MR) is 98.5 cm³/mol. The highest BCUT2D eigenvalue weighted by atomic mass is 32.2. The van der Waals surface area contributed by atoms with Crippen LogP contribution in [0, 0.1) is 13.8 Å². The molecule has 150 valence electrons. The largest absolute Gasteiger partial charge is 0.456 e. The van der Waals surface area contributed by atoms with Gasteiger partial charge in [0, 0.05) is 12.6 Å². The summed E-state index contributed by atoms with van der Waals surface area (Å²) < 4.78 is 31.5. The Hall–Kier alpha value is -2.46. The summed E-state index contributed by atoms with van der Waals surface area (Å²) in [7, 11) is -3.75. The number of amides is 3. The molecule has 1 aromatic carbocycles. The number of benzene rings is 1. The summed E-state index contributed by atoms with van der Waals surface area (Å²) in [6, 6.07) is 4.09. The summed E-state index contributed by atoms with van der Waals surface area (Å²) >= 11 is 0. The molecule has 10 heteroatoms. The maximum absolute atomic E-state index is 12.2. The lowest BCUT2D eigenvalue weighted by Gasteiger charge is -2.10. The summed E-state index contributed by atoms with van der Waals surface area (Å²) in [6.45, 7) is 6.18. The van der Waals surface area contributed by atoms with Crippen molar-refractivity contribution in [3.63, 3.8) is 0 Å². The highest BCUT2D eigenvalue weighted by Gasteiger charge is 2.17. The van der Waals surface area contributed by atoms with E-state index in [2.05, 4.69) is 10.0 Å². The first-order valence-corrected chi connectivity index (χ1v) is 9.82. The van der Waals surface area contributed by atoms with E-state index in [0.717, 1.165) is 5.56 Å². The highest BCUT2D eigenvalue weighted by molar-refractivity contribution is 7.89. The quantitative estimate of drug-likeness (QED) is 0.553. The second-order valence-corrected chi connectivity index (χ2v) is 7.99. The number of carbonyl (C=O) groups excluding carboxylic acids is 3. The van der Waals surface area contributed by atoms with E-state index < -0.39 is 34.5 Å². The van der Waals surface area contributed by atoms with Gasteiger partial charge in [-0.3, -0.25) is 14.9 Å². The first kappa shape index (κ1) is 22.6. The Morgan fingerprint density at radius 2 is 1.81 bits per heavy atom. The molecule has 0 unspecified atom stereocenters. The molecule has 0 fully saturated rings. The molecule has 0 aliphatic rings. The summed E-state index contributed by atoms with van der Waals surface area (Å²) in [5.74, 6) is -1.55. The van der Waals surface area contributed by atoms with Crippen molar-refractivity contribution in [1.82, 2.24) is 15.4 Å². The molecule has 0 aromatic heterocycles. The van der Waals surface area contributed by atoms with Gasteiger partial charge in [-0.15, -0.1) is 0 Å². The first-order chi connectivity index (χ1) is 12.5. The molecule has 1 rings (SSSR count). The fraction of sp³-hybridized carbons (Fsp3) is 0.471. The Bertz CT molecular complexity index is 805. The fourth-order valence-electron chi connectivity index (χ4n) is 2.15. The summed E-state index contributed by atoms with van der Waals surface area (Å²) in [5.41, 5.74) is 1.54. The molecule has 0 atom stereocenters. The van der Waals surface area contributed by atoms with Crippen LogP contribution in [0.4, 0.5) is 4.79 Å². The monoisotopic (exact) mass is 399 g/mol. The number of rotatable bonds is 8. The Morgan fingerprint density at radius 1 is 1.15 bits per heavy atom. The lowest BCUT2D eigenvalue weighted by Crippen LogP contribution is -2.44. The zero-order chi connectivity index (χ0) is 20.6. The van der Waals surface area contributed by atoms with Gasteiger partial charge in [0.05, 0.1) is 11.3 Å². The molecule has 0 aliphatic carbocycles. The van der Waals surface area contributed by atoms with Crippen LogP contribution in [0.15, 0.2) is 23.1 Å². The van der Waals surface area contributed by atoms with Gasteiger partial charge in [-0.2, -0.15) is 0 Å².